The number of nitrogens with zero attached hydrogens (tertiary/aromatic N) is 6. The van der Waals surface area contributed by atoms with Crippen LogP contribution < -0.4 is 0 Å². The average molecular weight is 1430 g/mol. The SMILES string of the molecule is O=S(=O)(O)OCCSc1c(Cl)c(Cl)c(Cl)c2c1-c1nc-2nc2[nH]c(nc3nc(nc4[nH]c(n1)c1c(Cl)c(Cl)c(Cl)c(Cl)c41)-c1c(Cl)c(Cl)c(Cl)c(SCCOS(=O)(=O)O)c1-3)c1c(Cl)c(Cl)c(Cl)c(SCCOS(=O)(=O)O)c21. The van der Waals surface area contributed by atoms with Gasteiger partial charge in [-0.15, -0.1) is 35.3 Å². The normalized spacial score (nSPS) is 12.8. The van der Waals surface area contributed by atoms with Crippen LogP contribution in [-0.4, -0.2) is 116 Å². The molecule has 7 aromatic rings. The van der Waals surface area contributed by atoms with Crippen molar-refractivity contribution in [3.8, 4) is 45.6 Å². The molecule has 408 valence electrons. The predicted octanol–water partition coefficient (Wildman–Crippen LogP) is 15.1. The lowest BCUT2D eigenvalue weighted by Crippen LogP contribution is -2.06. The molecule has 0 atom stereocenters. The smallest absolute Gasteiger partial charge is 0.324 e. The fourth-order valence-electron chi connectivity index (χ4n) is 7.52. The Kier molecular flexibility index (Phi) is 18.0. The highest BCUT2D eigenvalue weighted by molar-refractivity contribution is 8.00. The summed E-state index contributed by atoms with van der Waals surface area (Å²) in [6.45, 7) is -1.73. The molecule has 77 heavy (non-hydrogen) atoms. The van der Waals surface area contributed by atoms with Gasteiger partial charge in [0.05, 0.1) is 107 Å². The van der Waals surface area contributed by atoms with Gasteiger partial charge >= 0.3 is 31.2 Å². The third-order valence-corrected chi connectivity index (χ3v) is 21.1. The molecule has 0 radical (unpaired) electrons. The number of hydrogen-bond acceptors (Lipinski definition) is 18. The molecular formula is C38H17Cl13N8O12S6. The quantitative estimate of drug-likeness (QED) is 0.0209. The Hall–Kier alpha value is -1.33. The van der Waals surface area contributed by atoms with Crippen LogP contribution >= 0.6 is 186 Å². The molecule has 0 unspecified atom stereocenters. The Bertz CT molecular complexity index is 4250. The van der Waals surface area contributed by atoms with Crippen molar-refractivity contribution >= 4 is 261 Å². The second-order valence-corrected chi connectivity index (χ2v) is 26.5. The molecule has 0 spiro atoms. The molecule has 0 saturated heterocycles. The van der Waals surface area contributed by atoms with Gasteiger partial charge in [-0.3, -0.25) is 13.7 Å². The monoisotopic (exact) mass is 1420 g/mol. The van der Waals surface area contributed by atoms with Gasteiger partial charge in [-0.25, -0.2) is 42.5 Å². The van der Waals surface area contributed by atoms with Gasteiger partial charge in [0.15, 0.2) is 23.3 Å². The van der Waals surface area contributed by atoms with Gasteiger partial charge in [0, 0.05) is 53.8 Å². The zero-order chi connectivity index (χ0) is 56.1. The number of fused-ring (bicyclic) bond motifs is 20. The van der Waals surface area contributed by atoms with Gasteiger partial charge in [-0.1, -0.05) is 151 Å². The Labute approximate surface area is 509 Å². The Morgan fingerprint density at radius 2 is 0.597 bits per heavy atom. The number of nitrogens with one attached hydrogen (secondary N) is 2. The Morgan fingerprint density at radius 1 is 0.338 bits per heavy atom. The average Bonchev–Trinajstić information content (AvgIpc) is 4.25. The first-order valence-corrected chi connectivity index (χ1v) is 32.0. The maximum absolute atomic E-state index is 11.5. The second-order valence-electron chi connectivity index (χ2n) is 15.0. The van der Waals surface area contributed by atoms with E-state index in [9.17, 15) is 38.9 Å². The molecule has 20 nitrogen and oxygen atoms in total. The summed E-state index contributed by atoms with van der Waals surface area (Å²) in [5.74, 6) is -1.55. The maximum Gasteiger partial charge on any atom is 0.397 e. The highest BCUT2D eigenvalue weighted by Gasteiger charge is 2.35. The largest absolute Gasteiger partial charge is 0.397 e. The fraction of sp³-hybridized carbons (Fsp3) is 0.158. The van der Waals surface area contributed by atoms with Gasteiger partial charge in [-0.2, -0.15) is 25.3 Å². The van der Waals surface area contributed by atoms with E-state index in [1.54, 1.807) is 0 Å². The van der Waals surface area contributed by atoms with Gasteiger partial charge < -0.3 is 9.97 Å². The number of halogens is 13. The first kappa shape index (κ1) is 60.3. The summed E-state index contributed by atoms with van der Waals surface area (Å²) in [5, 5.41) is -2.61. The van der Waals surface area contributed by atoms with Crippen molar-refractivity contribution in [1.29, 1.82) is 0 Å². The highest BCUT2D eigenvalue weighted by atomic mass is 35.5. The van der Waals surface area contributed by atoms with E-state index in [0.29, 0.717) is 0 Å². The van der Waals surface area contributed by atoms with Crippen LogP contribution in [0.2, 0.25) is 65.3 Å². The van der Waals surface area contributed by atoms with E-state index in [2.05, 4.69) is 22.5 Å². The number of H-pyrrole nitrogens is 2. The van der Waals surface area contributed by atoms with Crippen LogP contribution in [0.3, 0.4) is 0 Å². The molecule has 0 fully saturated rings. The number of hydrogen-bond donors (Lipinski definition) is 5. The first-order valence-electron chi connectivity index (χ1n) is 20.0. The number of rotatable bonds is 15. The molecule has 8 bridgehead atoms. The van der Waals surface area contributed by atoms with E-state index < -0.39 is 51.0 Å². The Morgan fingerprint density at radius 3 is 0.935 bits per heavy atom. The van der Waals surface area contributed by atoms with Crippen LogP contribution in [0.15, 0.2) is 14.7 Å². The molecule has 0 aliphatic carbocycles. The summed E-state index contributed by atoms with van der Waals surface area (Å²) in [5.41, 5.74) is -0.567. The van der Waals surface area contributed by atoms with E-state index in [1.165, 1.54) is 0 Å². The minimum absolute atomic E-state index is 0.00515. The van der Waals surface area contributed by atoms with E-state index in [4.69, 9.17) is 181 Å². The van der Waals surface area contributed by atoms with Gasteiger partial charge in [0.25, 0.3) is 0 Å². The topological polar surface area (TPSA) is 300 Å². The third-order valence-electron chi connectivity index (χ3n) is 10.4. The van der Waals surface area contributed by atoms with Gasteiger partial charge in [0.2, 0.25) is 0 Å². The molecule has 3 aromatic heterocycles. The summed E-state index contributed by atoms with van der Waals surface area (Å²) in [6, 6.07) is 0. The maximum atomic E-state index is 11.5. The lowest BCUT2D eigenvalue weighted by Gasteiger charge is -2.14. The summed E-state index contributed by atoms with van der Waals surface area (Å²) >= 11 is 92.3. The van der Waals surface area contributed by atoms with E-state index >= 15 is 0 Å². The van der Waals surface area contributed by atoms with Crippen molar-refractivity contribution in [3.63, 3.8) is 0 Å². The third kappa shape index (κ3) is 11.8. The number of aromatic amines is 2. The molecule has 2 aliphatic rings. The molecule has 39 heteroatoms. The van der Waals surface area contributed by atoms with Crippen molar-refractivity contribution < 1.29 is 51.5 Å². The molecule has 5 N–H and O–H groups in total. The number of thioether (sulfide) groups is 3. The van der Waals surface area contributed by atoms with Crippen LogP contribution in [0.1, 0.15) is 0 Å². The zero-order valence-corrected chi connectivity index (χ0v) is 51.0. The first-order chi connectivity index (χ1) is 36.0. The van der Waals surface area contributed by atoms with Crippen LogP contribution in [0, 0.1) is 0 Å². The number of aromatic nitrogens is 8. The lowest BCUT2D eigenvalue weighted by atomic mass is 10.1. The van der Waals surface area contributed by atoms with Gasteiger partial charge in [0.1, 0.15) is 22.6 Å². The van der Waals surface area contributed by atoms with E-state index in [1.807, 2.05) is 0 Å². The fourth-order valence-corrected chi connectivity index (χ4v) is 15.3. The van der Waals surface area contributed by atoms with Crippen LogP contribution in [0.5, 0.6) is 0 Å². The summed E-state index contributed by atoms with van der Waals surface area (Å²) < 4.78 is 111. The van der Waals surface area contributed by atoms with Crippen LogP contribution in [0.25, 0.3) is 89.7 Å². The molecular weight excluding hydrogens is 1410 g/mol. The van der Waals surface area contributed by atoms with Crippen LogP contribution in [-0.2, 0) is 43.7 Å². The summed E-state index contributed by atoms with van der Waals surface area (Å²) in [7, 11) is -14.7. The van der Waals surface area contributed by atoms with Crippen molar-refractivity contribution in [3.05, 3.63) is 65.3 Å². The van der Waals surface area contributed by atoms with Crippen molar-refractivity contribution in [2.75, 3.05) is 37.1 Å². The molecule has 0 amide bonds. The molecule has 4 aromatic carbocycles. The minimum atomic E-state index is -4.90. The summed E-state index contributed by atoms with van der Waals surface area (Å²) in [6.07, 6.45) is 0. The highest BCUT2D eigenvalue weighted by Crippen LogP contribution is 2.56. The summed E-state index contributed by atoms with van der Waals surface area (Å²) in [4.78, 5) is 35.7. The zero-order valence-electron chi connectivity index (χ0n) is 36.3. The molecule has 0 saturated carbocycles. The Balaban J connectivity index is 1.49. The number of benzene rings is 4. The predicted molar refractivity (Wildman–Crippen MR) is 306 cm³/mol. The lowest BCUT2D eigenvalue weighted by molar-refractivity contribution is 0.283. The molecule has 5 heterocycles. The molecule has 9 rings (SSSR count). The van der Waals surface area contributed by atoms with E-state index in [0.717, 1.165) is 35.3 Å². The minimum Gasteiger partial charge on any atom is -0.324 e. The van der Waals surface area contributed by atoms with Crippen molar-refractivity contribution in [1.82, 2.24) is 39.9 Å². The van der Waals surface area contributed by atoms with Crippen LogP contribution in [0.4, 0.5) is 0 Å². The second kappa shape index (κ2) is 23.0. The van der Waals surface area contributed by atoms with E-state index in [-0.39, 0.29) is 187 Å². The van der Waals surface area contributed by atoms with Crippen molar-refractivity contribution in [2.45, 2.75) is 14.7 Å². The standard InChI is InChI=1S/C38H17Cl13N8O12S6/c39-15-7-8(16(40)21(45)20(15)44)32-52-31(7)53-33-9-12(28(25(49)22(46)17(9)41)72-4-1-69-75(60,61)62)37(55-33)57-35-11-14(30(27(51)24(48)19(11)43)74-6-3-71-77(66,67)68)38(59-35)58-34-10-13(36(54-32)56-34)29(26(50)23(47)18(10)42)73-5-2-70-76(63,64)65/h1-6H2,(H,60,61,62)(H,63,64,65)(H,66,67,68)(H2,52,53,54,55,56,57,58,59). The molecule has 2 aliphatic heterocycles. The van der Waals surface area contributed by atoms with Gasteiger partial charge in [-0.05, 0) is 0 Å². The van der Waals surface area contributed by atoms with Crippen molar-refractivity contribution in [2.24, 2.45) is 0 Å².